The summed E-state index contributed by atoms with van der Waals surface area (Å²) in [7, 11) is 0. The molecule has 4 heteroatoms. The lowest BCUT2D eigenvalue weighted by molar-refractivity contribution is 0.299. The lowest BCUT2D eigenvalue weighted by atomic mass is 9.90. The molecule has 2 aromatic heterocycles. The van der Waals surface area contributed by atoms with E-state index < -0.39 is 0 Å². The van der Waals surface area contributed by atoms with Gasteiger partial charge in [-0.25, -0.2) is 0 Å². The maximum Gasteiger partial charge on any atom is 0.261 e. The predicted octanol–water partition coefficient (Wildman–Crippen LogP) is 3.20. The highest BCUT2D eigenvalue weighted by Crippen LogP contribution is 2.35. The summed E-state index contributed by atoms with van der Waals surface area (Å²) in [6.07, 6.45) is 5.57. The van der Waals surface area contributed by atoms with E-state index in [1.807, 2.05) is 6.92 Å². The Balaban J connectivity index is 2.18. The van der Waals surface area contributed by atoms with Gasteiger partial charge in [-0.3, -0.25) is 0 Å². The molecule has 3 rings (SSSR count). The van der Waals surface area contributed by atoms with Crippen LogP contribution in [0.4, 0.5) is 0 Å². The Hall–Kier alpha value is -1.58. The Morgan fingerprint density at radius 1 is 1.22 bits per heavy atom. The Kier molecular flexibility index (Phi) is 2.94. The van der Waals surface area contributed by atoms with E-state index in [-0.39, 0.29) is 0 Å². The highest BCUT2D eigenvalue weighted by Gasteiger charge is 2.22. The number of hydrogen-bond donors (Lipinski definition) is 0. The van der Waals surface area contributed by atoms with Crippen LogP contribution >= 0.6 is 0 Å². The first-order valence-corrected chi connectivity index (χ1v) is 6.71. The van der Waals surface area contributed by atoms with Crippen molar-refractivity contribution in [2.24, 2.45) is 0 Å². The van der Waals surface area contributed by atoms with Gasteiger partial charge in [0.25, 0.3) is 5.71 Å². The van der Waals surface area contributed by atoms with Crippen LogP contribution in [0.1, 0.15) is 43.0 Å². The number of aryl methyl sites for hydroxylation is 2. The van der Waals surface area contributed by atoms with Gasteiger partial charge in [-0.15, -0.1) is 0 Å². The molecule has 1 aliphatic rings. The number of hydrogen-bond acceptors (Lipinski definition) is 4. The average Bonchev–Trinajstić information content (AvgIpc) is 2.78. The zero-order chi connectivity index (χ0) is 12.5. The molecular weight excluding hydrogens is 228 g/mol. The van der Waals surface area contributed by atoms with E-state index in [4.69, 9.17) is 9.26 Å². The molecule has 0 saturated carbocycles. The van der Waals surface area contributed by atoms with E-state index in [0.717, 1.165) is 36.2 Å². The quantitative estimate of drug-likeness (QED) is 0.834. The van der Waals surface area contributed by atoms with Crippen LogP contribution < -0.4 is 4.74 Å². The van der Waals surface area contributed by atoms with E-state index >= 15 is 0 Å². The van der Waals surface area contributed by atoms with E-state index in [1.54, 1.807) is 0 Å². The first kappa shape index (κ1) is 11.5. The molecule has 0 unspecified atom stereocenters. The van der Waals surface area contributed by atoms with Crippen molar-refractivity contribution in [3.63, 3.8) is 0 Å². The van der Waals surface area contributed by atoms with Gasteiger partial charge in [0.05, 0.1) is 17.7 Å². The molecule has 0 radical (unpaired) electrons. The van der Waals surface area contributed by atoms with Crippen molar-refractivity contribution >= 4 is 11.1 Å². The topological polar surface area (TPSA) is 48.2 Å². The highest BCUT2D eigenvalue weighted by molar-refractivity contribution is 5.82. The second-order valence-corrected chi connectivity index (χ2v) is 4.88. The third-order valence-electron chi connectivity index (χ3n) is 3.52. The summed E-state index contributed by atoms with van der Waals surface area (Å²) < 4.78 is 11.1. The van der Waals surface area contributed by atoms with Crippen LogP contribution in [0.3, 0.4) is 0 Å². The Morgan fingerprint density at radius 3 is 2.78 bits per heavy atom. The fraction of sp³-hybridized carbons (Fsp3) is 0.571. The van der Waals surface area contributed by atoms with Gasteiger partial charge in [0.2, 0.25) is 5.88 Å². The summed E-state index contributed by atoms with van der Waals surface area (Å²) in [5.74, 6) is 0.759. The zero-order valence-corrected chi connectivity index (χ0v) is 11.0. The summed E-state index contributed by atoms with van der Waals surface area (Å²) in [6, 6.07) is 0. The minimum atomic E-state index is 0.624. The minimum Gasteiger partial charge on any atom is -0.477 e. The Labute approximate surface area is 106 Å². The first-order valence-electron chi connectivity index (χ1n) is 6.71. The van der Waals surface area contributed by atoms with Crippen molar-refractivity contribution in [1.82, 2.24) is 10.1 Å². The monoisotopic (exact) mass is 246 g/mol. The fourth-order valence-corrected chi connectivity index (χ4v) is 2.68. The number of rotatable bonds is 3. The molecule has 0 saturated heterocycles. The molecule has 1 aliphatic carbocycles. The molecular formula is C14H18N2O2. The van der Waals surface area contributed by atoms with Crippen molar-refractivity contribution < 1.29 is 9.26 Å². The molecule has 0 aliphatic heterocycles. The van der Waals surface area contributed by atoms with Gasteiger partial charge < -0.3 is 9.26 Å². The molecule has 0 fully saturated rings. The summed E-state index contributed by atoms with van der Waals surface area (Å²) in [5.41, 5.74) is 4.18. The molecule has 0 atom stereocenters. The van der Waals surface area contributed by atoms with Crippen LogP contribution in [-0.4, -0.2) is 16.7 Å². The Bertz CT molecular complexity index is 575. The van der Waals surface area contributed by atoms with Gasteiger partial charge in [-0.2, -0.15) is 4.98 Å². The lowest BCUT2D eigenvalue weighted by Crippen LogP contribution is -2.09. The second kappa shape index (κ2) is 4.59. The van der Waals surface area contributed by atoms with Crippen molar-refractivity contribution in [2.75, 3.05) is 6.61 Å². The van der Waals surface area contributed by atoms with Gasteiger partial charge in [0.1, 0.15) is 0 Å². The molecule has 0 bridgehead atoms. The number of nitrogens with zero attached hydrogens (tertiary/aromatic N) is 2. The van der Waals surface area contributed by atoms with Crippen molar-refractivity contribution in [2.45, 2.75) is 46.0 Å². The van der Waals surface area contributed by atoms with Crippen molar-refractivity contribution in [3.05, 3.63) is 16.8 Å². The SMILES string of the molecule is CCCOc1nc2onc(C)c2c2c1CCCC2. The van der Waals surface area contributed by atoms with Gasteiger partial charge in [-0.05, 0) is 44.6 Å². The molecule has 0 amide bonds. The summed E-state index contributed by atoms with van der Waals surface area (Å²) in [5, 5.41) is 5.14. The number of fused-ring (bicyclic) bond motifs is 3. The molecule has 2 aromatic rings. The number of ether oxygens (including phenoxy) is 1. The number of pyridine rings is 1. The third-order valence-corrected chi connectivity index (χ3v) is 3.52. The van der Waals surface area contributed by atoms with Crippen LogP contribution in [-0.2, 0) is 12.8 Å². The second-order valence-electron chi connectivity index (χ2n) is 4.88. The first-order chi connectivity index (χ1) is 8.81. The van der Waals surface area contributed by atoms with Crippen molar-refractivity contribution in [3.8, 4) is 5.88 Å². The smallest absolute Gasteiger partial charge is 0.261 e. The zero-order valence-electron chi connectivity index (χ0n) is 11.0. The van der Waals surface area contributed by atoms with E-state index in [0.29, 0.717) is 12.3 Å². The van der Waals surface area contributed by atoms with Crippen LogP contribution in [0.15, 0.2) is 4.52 Å². The van der Waals surface area contributed by atoms with Crippen LogP contribution in [0, 0.1) is 6.92 Å². The molecule has 0 aromatic carbocycles. The molecule has 96 valence electrons. The van der Waals surface area contributed by atoms with Gasteiger partial charge in [0.15, 0.2) is 0 Å². The van der Waals surface area contributed by atoms with Gasteiger partial charge in [-0.1, -0.05) is 12.1 Å². The largest absolute Gasteiger partial charge is 0.477 e. The van der Waals surface area contributed by atoms with Gasteiger partial charge in [0, 0.05) is 5.56 Å². The van der Waals surface area contributed by atoms with E-state index in [1.165, 1.54) is 24.0 Å². The molecule has 0 N–H and O–H groups in total. The maximum absolute atomic E-state index is 5.77. The van der Waals surface area contributed by atoms with E-state index in [2.05, 4.69) is 17.1 Å². The molecule has 4 nitrogen and oxygen atoms in total. The maximum atomic E-state index is 5.77. The lowest BCUT2D eigenvalue weighted by Gasteiger charge is -2.19. The predicted molar refractivity (Wildman–Crippen MR) is 69.0 cm³/mol. The Morgan fingerprint density at radius 2 is 2.00 bits per heavy atom. The molecule has 0 spiro atoms. The summed E-state index contributed by atoms with van der Waals surface area (Å²) >= 11 is 0. The van der Waals surface area contributed by atoms with Gasteiger partial charge >= 0.3 is 0 Å². The standard InChI is InChI=1S/C14H18N2O2/c1-3-8-17-13-11-7-5-4-6-10(11)12-9(2)16-18-14(12)15-13/h3-8H2,1-2H3. The summed E-state index contributed by atoms with van der Waals surface area (Å²) in [6.45, 7) is 4.79. The van der Waals surface area contributed by atoms with Crippen molar-refractivity contribution in [1.29, 1.82) is 0 Å². The number of aromatic nitrogens is 2. The minimum absolute atomic E-state index is 0.624. The normalized spacial score (nSPS) is 14.8. The van der Waals surface area contributed by atoms with Crippen LogP contribution in [0.2, 0.25) is 0 Å². The highest BCUT2D eigenvalue weighted by atomic mass is 16.5. The van der Waals surface area contributed by atoms with Crippen LogP contribution in [0.25, 0.3) is 11.1 Å². The van der Waals surface area contributed by atoms with E-state index in [9.17, 15) is 0 Å². The summed E-state index contributed by atoms with van der Waals surface area (Å²) in [4.78, 5) is 4.50. The average molecular weight is 246 g/mol. The third kappa shape index (κ3) is 1.76. The molecule has 18 heavy (non-hydrogen) atoms. The molecule has 2 heterocycles. The fourth-order valence-electron chi connectivity index (χ4n) is 2.68. The van der Waals surface area contributed by atoms with Crippen LogP contribution in [0.5, 0.6) is 5.88 Å².